The summed E-state index contributed by atoms with van der Waals surface area (Å²) in [5, 5.41) is 2.78. The number of halogens is 1. The number of alkyl halides is 1. The lowest BCUT2D eigenvalue weighted by atomic mass is 9.99. The summed E-state index contributed by atoms with van der Waals surface area (Å²) in [4.78, 5) is 13.4. The number of carbonyl (C=O) groups excluding carboxylic acids is 1. The van der Waals surface area contributed by atoms with Crippen LogP contribution in [0.15, 0.2) is 18.2 Å². The number of rotatable bonds is 3. The van der Waals surface area contributed by atoms with Crippen molar-refractivity contribution in [3.05, 3.63) is 29.3 Å². The molecule has 0 saturated carbocycles. The van der Waals surface area contributed by atoms with Gasteiger partial charge in [0.25, 0.3) is 0 Å². The van der Waals surface area contributed by atoms with Crippen LogP contribution in [-0.2, 0) is 17.8 Å². The number of fused-ring (bicyclic) bond motifs is 1. The van der Waals surface area contributed by atoms with Gasteiger partial charge in [-0.15, -0.1) is 11.6 Å². The molecule has 0 bridgehead atoms. The molecule has 1 heterocycles. The highest BCUT2D eigenvalue weighted by molar-refractivity contribution is 6.27. The minimum absolute atomic E-state index is 0.0215. The maximum Gasteiger partial charge on any atom is 0.235 e. The summed E-state index contributed by atoms with van der Waals surface area (Å²) in [6, 6.07) is 6.38. The molecule has 0 aromatic heterocycles. The number of nitrogens with zero attached hydrogens (tertiary/aromatic N) is 1. The van der Waals surface area contributed by atoms with E-state index in [0.29, 0.717) is 6.54 Å². The van der Waals surface area contributed by atoms with Gasteiger partial charge in [-0.05, 0) is 30.0 Å². The maximum absolute atomic E-state index is 11.1. The molecule has 3 nitrogen and oxygen atoms in total. The Morgan fingerprint density at radius 1 is 1.53 bits per heavy atom. The van der Waals surface area contributed by atoms with E-state index in [1.807, 2.05) is 0 Å². The van der Waals surface area contributed by atoms with E-state index in [1.54, 1.807) is 0 Å². The number of carbonyl (C=O) groups is 1. The molecule has 1 aliphatic rings. The van der Waals surface area contributed by atoms with Crippen LogP contribution in [0.4, 0.5) is 5.69 Å². The summed E-state index contributed by atoms with van der Waals surface area (Å²) in [7, 11) is 2.12. The molecule has 1 amide bonds. The van der Waals surface area contributed by atoms with Gasteiger partial charge < -0.3 is 10.2 Å². The molecule has 17 heavy (non-hydrogen) atoms. The fourth-order valence-corrected chi connectivity index (χ4v) is 2.29. The summed E-state index contributed by atoms with van der Waals surface area (Å²) >= 11 is 5.43. The number of anilines is 1. The highest BCUT2D eigenvalue weighted by atomic mass is 35.5. The predicted molar refractivity (Wildman–Crippen MR) is 70.6 cm³/mol. The number of amides is 1. The van der Waals surface area contributed by atoms with Crippen molar-refractivity contribution in [2.24, 2.45) is 0 Å². The van der Waals surface area contributed by atoms with Crippen LogP contribution < -0.4 is 10.2 Å². The lowest BCUT2D eigenvalue weighted by molar-refractivity contribution is -0.118. The van der Waals surface area contributed by atoms with Gasteiger partial charge in [0, 0.05) is 25.8 Å². The minimum atomic E-state index is -0.124. The fraction of sp³-hybridized carbons (Fsp3) is 0.462. The average molecular weight is 253 g/mol. The molecule has 0 unspecified atom stereocenters. The number of hydrogen-bond acceptors (Lipinski definition) is 2. The first kappa shape index (κ1) is 12.2. The first-order valence-electron chi connectivity index (χ1n) is 5.86. The molecule has 1 aromatic rings. The smallest absolute Gasteiger partial charge is 0.235 e. The SMILES string of the molecule is CN1CCCc2cc(CNC(=O)CCl)ccc21. The van der Waals surface area contributed by atoms with Gasteiger partial charge in [-0.2, -0.15) is 0 Å². The molecular formula is C13H17ClN2O. The average Bonchev–Trinajstić information content (AvgIpc) is 2.36. The van der Waals surface area contributed by atoms with E-state index in [4.69, 9.17) is 11.6 Å². The summed E-state index contributed by atoms with van der Waals surface area (Å²) in [5.41, 5.74) is 3.82. The second-order valence-corrected chi connectivity index (χ2v) is 4.67. The molecule has 4 heteroatoms. The molecule has 0 spiro atoms. The Hall–Kier alpha value is -1.22. The third-order valence-corrected chi connectivity index (χ3v) is 3.35. The molecule has 0 fully saturated rings. The van der Waals surface area contributed by atoms with Crippen molar-refractivity contribution in [1.29, 1.82) is 0 Å². The number of benzene rings is 1. The zero-order valence-electron chi connectivity index (χ0n) is 10.0. The van der Waals surface area contributed by atoms with Crippen LogP contribution in [-0.4, -0.2) is 25.4 Å². The molecule has 1 N–H and O–H groups in total. The van der Waals surface area contributed by atoms with Crippen molar-refractivity contribution in [2.75, 3.05) is 24.4 Å². The standard InChI is InChI=1S/C13H17ClN2O/c1-16-6-2-3-11-7-10(4-5-12(11)16)9-15-13(17)8-14/h4-5,7H,2-3,6,8-9H2,1H3,(H,15,17). The van der Waals surface area contributed by atoms with E-state index >= 15 is 0 Å². The molecule has 0 radical (unpaired) electrons. The van der Waals surface area contributed by atoms with Crippen LogP contribution in [0, 0.1) is 0 Å². The Balaban J connectivity index is 2.08. The lowest BCUT2D eigenvalue weighted by Gasteiger charge is -2.27. The number of nitrogens with one attached hydrogen (secondary N) is 1. The van der Waals surface area contributed by atoms with Gasteiger partial charge in [-0.3, -0.25) is 4.79 Å². The number of aryl methyl sites for hydroxylation is 1. The van der Waals surface area contributed by atoms with Crippen molar-refractivity contribution in [3.63, 3.8) is 0 Å². The van der Waals surface area contributed by atoms with Gasteiger partial charge in [-0.25, -0.2) is 0 Å². The number of hydrogen-bond donors (Lipinski definition) is 1. The van der Waals surface area contributed by atoms with Crippen molar-refractivity contribution in [1.82, 2.24) is 5.32 Å². The first-order valence-corrected chi connectivity index (χ1v) is 6.40. The van der Waals surface area contributed by atoms with Gasteiger partial charge in [0.05, 0.1) is 0 Å². The second kappa shape index (κ2) is 5.41. The quantitative estimate of drug-likeness (QED) is 0.834. The maximum atomic E-state index is 11.1. The van der Waals surface area contributed by atoms with E-state index in [-0.39, 0.29) is 11.8 Å². The van der Waals surface area contributed by atoms with Crippen molar-refractivity contribution in [2.45, 2.75) is 19.4 Å². The lowest BCUT2D eigenvalue weighted by Crippen LogP contribution is -2.26. The summed E-state index contributed by atoms with van der Waals surface area (Å²) < 4.78 is 0. The van der Waals surface area contributed by atoms with E-state index in [0.717, 1.165) is 18.5 Å². The molecule has 92 valence electrons. The van der Waals surface area contributed by atoms with Gasteiger partial charge >= 0.3 is 0 Å². The van der Waals surface area contributed by atoms with Crippen LogP contribution in [0.3, 0.4) is 0 Å². The highest BCUT2D eigenvalue weighted by Crippen LogP contribution is 2.26. The molecule has 0 aliphatic carbocycles. The second-order valence-electron chi connectivity index (χ2n) is 4.40. The van der Waals surface area contributed by atoms with Gasteiger partial charge in [0.2, 0.25) is 5.91 Å². The molecule has 1 aromatic carbocycles. The van der Waals surface area contributed by atoms with Crippen molar-refractivity contribution < 1.29 is 4.79 Å². The highest BCUT2D eigenvalue weighted by Gasteiger charge is 2.13. The van der Waals surface area contributed by atoms with E-state index in [9.17, 15) is 4.79 Å². The molecule has 0 saturated heterocycles. The van der Waals surface area contributed by atoms with Crippen LogP contribution >= 0.6 is 11.6 Å². The van der Waals surface area contributed by atoms with Crippen LogP contribution in [0.2, 0.25) is 0 Å². The van der Waals surface area contributed by atoms with Gasteiger partial charge in [-0.1, -0.05) is 12.1 Å². The Kier molecular flexibility index (Phi) is 3.89. The third-order valence-electron chi connectivity index (χ3n) is 3.11. The topological polar surface area (TPSA) is 32.3 Å². The van der Waals surface area contributed by atoms with Crippen molar-refractivity contribution in [3.8, 4) is 0 Å². The van der Waals surface area contributed by atoms with Gasteiger partial charge in [0.15, 0.2) is 0 Å². The molecule has 1 aliphatic heterocycles. The predicted octanol–water partition coefficient (Wildman–Crippen LogP) is 1.92. The monoisotopic (exact) mass is 252 g/mol. The van der Waals surface area contributed by atoms with E-state index in [2.05, 4.69) is 35.5 Å². The van der Waals surface area contributed by atoms with E-state index < -0.39 is 0 Å². The summed E-state index contributed by atoms with van der Waals surface area (Å²) in [6.07, 6.45) is 2.32. The Morgan fingerprint density at radius 3 is 3.12 bits per heavy atom. The zero-order valence-corrected chi connectivity index (χ0v) is 10.8. The first-order chi connectivity index (χ1) is 8.20. The van der Waals surface area contributed by atoms with Crippen LogP contribution in [0.25, 0.3) is 0 Å². The third kappa shape index (κ3) is 2.91. The Bertz CT molecular complexity index is 420. The Labute approximate surface area is 107 Å². The molecule has 2 rings (SSSR count). The zero-order chi connectivity index (χ0) is 12.3. The molecular weight excluding hydrogens is 236 g/mol. The van der Waals surface area contributed by atoms with Crippen LogP contribution in [0.5, 0.6) is 0 Å². The van der Waals surface area contributed by atoms with Crippen molar-refractivity contribution >= 4 is 23.2 Å². The Morgan fingerprint density at radius 2 is 2.35 bits per heavy atom. The minimum Gasteiger partial charge on any atom is -0.374 e. The normalized spacial score (nSPS) is 14.4. The van der Waals surface area contributed by atoms with E-state index in [1.165, 1.54) is 17.7 Å². The molecule has 0 atom stereocenters. The summed E-state index contributed by atoms with van der Waals surface area (Å²) in [5.74, 6) is -0.102. The van der Waals surface area contributed by atoms with Crippen LogP contribution in [0.1, 0.15) is 17.5 Å². The van der Waals surface area contributed by atoms with Gasteiger partial charge in [0.1, 0.15) is 5.88 Å². The largest absolute Gasteiger partial charge is 0.374 e. The summed E-state index contributed by atoms with van der Waals surface area (Å²) in [6.45, 7) is 1.68. The fourth-order valence-electron chi connectivity index (χ4n) is 2.20.